The number of piperidine rings is 1. The summed E-state index contributed by atoms with van der Waals surface area (Å²) >= 11 is 0. The van der Waals surface area contributed by atoms with Gasteiger partial charge in [-0.3, -0.25) is 4.79 Å². The first-order valence-corrected chi connectivity index (χ1v) is 5.98. The molecular formula is C13H17NO4. The van der Waals surface area contributed by atoms with Crippen molar-refractivity contribution in [1.82, 2.24) is 4.90 Å². The maximum absolute atomic E-state index is 12.2. The van der Waals surface area contributed by atoms with E-state index in [9.17, 15) is 20.1 Å². The Hall–Kier alpha value is -1.75. The number of amides is 1. The molecule has 3 N–H and O–H groups in total. The number of carbonyl (C=O) groups is 1. The molecule has 0 aliphatic carbocycles. The zero-order chi connectivity index (χ0) is 13.3. The van der Waals surface area contributed by atoms with Crippen LogP contribution in [0.2, 0.25) is 0 Å². The van der Waals surface area contributed by atoms with Crippen molar-refractivity contribution in [1.29, 1.82) is 0 Å². The van der Waals surface area contributed by atoms with Gasteiger partial charge in [0.25, 0.3) is 5.91 Å². The smallest absolute Gasteiger partial charge is 0.257 e. The summed E-state index contributed by atoms with van der Waals surface area (Å²) in [5.41, 5.74) is 0.0959. The number of rotatable bonds is 1. The fourth-order valence-corrected chi connectivity index (χ4v) is 2.18. The van der Waals surface area contributed by atoms with Crippen LogP contribution in [-0.4, -0.2) is 45.3 Å². The molecule has 0 saturated carbocycles. The second-order valence-electron chi connectivity index (χ2n) is 4.79. The number of nitrogens with zero attached hydrogens (tertiary/aromatic N) is 1. The third-order valence-electron chi connectivity index (χ3n) is 3.36. The largest absolute Gasteiger partial charge is 0.508 e. The van der Waals surface area contributed by atoms with Gasteiger partial charge in [0.1, 0.15) is 11.5 Å². The van der Waals surface area contributed by atoms with E-state index in [1.807, 2.05) is 6.92 Å². The maximum Gasteiger partial charge on any atom is 0.257 e. The average Bonchev–Trinajstić information content (AvgIpc) is 2.35. The summed E-state index contributed by atoms with van der Waals surface area (Å²) in [6.07, 6.45) is 0.152. The van der Waals surface area contributed by atoms with Crippen molar-refractivity contribution in [3.05, 3.63) is 23.8 Å². The molecule has 0 spiro atoms. The number of aliphatic hydroxyl groups excluding tert-OH is 1. The summed E-state index contributed by atoms with van der Waals surface area (Å²) in [6.45, 7) is 2.79. The molecule has 18 heavy (non-hydrogen) atoms. The Bertz CT molecular complexity index is 460. The first kappa shape index (κ1) is 12.7. The minimum absolute atomic E-state index is 0.0159. The summed E-state index contributed by atoms with van der Waals surface area (Å²) < 4.78 is 0. The zero-order valence-corrected chi connectivity index (χ0v) is 10.2. The third kappa shape index (κ3) is 2.41. The van der Waals surface area contributed by atoms with Gasteiger partial charge >= 0.3 is 0 Å². The van der Waals surface area contributed by atoms with E-state index in [0.29, 0.717) is 19.5 Å². The van der Waals surface area contributed by atoms with Crippen molar-refractivity contribution in [3.8, 4) is 11.5 Å². The number of hydrogen-bond acceptors (Lipinski definition) is 4. The van der Waals surface area contributed by atoms with Crippen molar-refractivity contribution in [2.75, 3.05) is 13.1 Å². The van der Waals surface area contributed by atoms with Crippen LogP contribution in [0.1, 0.15) is 23.7 Å². The van der Waals surface area contributed by atoms with Crippen LogP contribution in [0.25, 0.3) is 0 Å². The number of aliphatic hydroxyl groups is 1. The Kier molecular flexibility index (Phi) is 3.43. The minimum atomic E-state index is -0.383. The van der Waals surface area contributed by atoms with E-state index >= 15 is 0 Å². The van der Waals surface area contributed by atoms with Gasteiger partial charge in [-0.05, 0) is 30.5 Å². The Morgan fingerprint density at radius 3 is 2.78 bits per heavy atom. The van der Waals surface area contributed by atoms with E-state index in [4.69, 9.17) is 0 Å². The maximum atomic E-state index is 12.2. The van der Waals surface area contributed by atoms with E-state index < -0.39 is 0 Å². The predicted octanol–water partition coefficient (Wildman–Crippen LogP) is 0.941. The molecule has 1 aliphatic heterocycles. The second-order valence-corrected chi connectivity index (χ2v) is 4.79. The van der Waals surface area contributed by atoms with E-state index in [0.717, 1.165) is 0 Å². The molecule has 0 radical (unpaired) electrons. The van der Waals surface area contributed by atoms with Crippen molar-refractivity contribution >= 4 is 5.91 Å². The lowest BCUT2D eigenvalue weighted by molar-refractivity contribution is 0.0296. The summed E-state index contributed by atoms with van der Waals surface area (Å²) in [5, 5.41) is 28.6. The number of phenolic OH excluding ortho intramolecular Hbond substituents is 2. The van der Waals surface area contributed by atoms with Crippen LogP contribution in [0.5, 0.6) is 11.5 Å². The standard InChI is InChI=1S/C13H17NO4/c1-8-7-14(5-4-11(8)16)13(18)10-6-9(15)2-3-12(10)17/h2-3,6,8,11,15-17H,4-5,7H2,1H3. The SMILES string of the molecule is CC1CN(C(=O)c2cc(O)ccc2O)CCC1O. The van der Waals surface area contributed by atoms with Crippen molar-refractivity contribution in [3.63, 3.8) is 0 Å². The Morgan fingerprint density at radius 2 is 2.11 bits per heavy atom. The molecular weight excluding hydrogens is 234 g/mol. The van der Waals surface area contributed by atoms with Gasteiger partial charge in [-0.2, -0.15) is 0 Å². The first-order chi connectivity index (χ1) is 8.49. The topological polar surface area (TPSA) is 81.0 Å². The van der Waals surface area contributed by atoms with Crippen molar-refractivity contribution < 1.29 is 20.1 Å². The molecule has 1 fully saturated rings. The van der Waals surface area contributed by atoms with Crippen LogP contribution in [-0.2, 0) is 0 Å². The lowest BCUT2D eigenvalue weighted by Gasteiger charge is -2.34. The van der Waals surface area contributed by atoms with E-state index in [1.54, 1.807) is 4.90 Å². The normalized spacial score (nSPS) is 24.0. The molecule has 0 bridgehead atoms. The Morgan fingerprint density at radius 1 is 1.39 bits per heavy atom. The second kappa shape index (κ2) is 4.86. The van der Waals surface area contributed by atoms with Crippen molar-refractivity contribution in [2.45, 2.75) is 19.4 Å². The Labute approximate surface area is 105 Å². The predicted molar refractivity (Wildman–Crippen MR) is 65.5 cm³/mol. The minimum Gasteiger partial charge on any atom is -0.508 e. The van der Waals surface area contributed by atoms with E-state index in [-0.39, 0.29) is 35.0 Å². The zero-order valence-electron chi connectivity index (χ0n) is 10.2. The summed E-state index contributed by atoms with van der Waals surface area (Å²) in [6, 6.07) is 3.88. The highest BCUT2D eigenvalue weighted by atomic mass is 16.3. The molecule has 5 nitrogen and oxygen atoms in total. The number of aromatic hydroxyl groups is 2. The molecule has 0 aromatic heterocycles. The summed E-state index contributed by atoms with van der Waals surface area (Å²) in [4.78, 5) is 13.8. The number of phenols is 2. The first-order valence-electron chi connectivity index (χ1n) is 5.98. The molecule has 2 rings (SSSR count). The molecule has 98 valence electrons. The van der Waals surface area contributed by atoms with E-state index in [1.165, 1.54) is 18.2 Å². The van der Waals surface area contributed by atoms with E-state index in [2.05, 4.69) is 0 Å². The van der Waals surface area contributed by atoms with Gasteiger partial charge in [0.05, 0.1) is 11.7 Å². The van der Waals surface area contributed by atoms with Crippen LogP contribution >= 0.6 is 0 Å². The highest BCUT2D eigenvalue weighted by Gasteiger charge is 2.28. The molecule has 1 saturated heterocycles. The highest BCUT2D eigenvalue weighted by Crippen LogP contribution is 2.25. The van der Waals surface area contributed by atoms with Gasteiger partial charge in [0.15, 0.2) is 0 Å². The molecule has 1 aromatic rings. The van der Waals surface area contributed by atoms with Crippen LogP contribution in [0.4, 0.5) is 0 Å². The van der Waals surface area contributed by atoms with Crippen LogP contribution in [0.15, 0.2) is 18.2 Å². The fourth-order valence-electron chi connectivity index (χ4n) is 2.18. The van der Waals surface area contributed by atoms with Gasteiger partial charge < -0.3 is 20.2 Å². The number of hydrogen-bond donors (Lipinski definition) is 3. The number of benzene rings is 1. The van der Waals surface area contributed by atoms with Crippen LogP contribution < -0.4 is 0 Å². The van der Waals surface area contributed by atoms with Gasteiger partial charge in [-0.1, -0.05) is 6.92 Å². The van der Waals surface area contributed by atoms with Gasteiger partial charge in [-0.15, -0.1) is 0 Å². The summed E-state index contributed by atoms with van der Waals surface area (Å²) in [5.74, 6) is -0.498. The molecule has 5 heteroatoms. The molecule has 1 aliphatic rings. The van der Waals surface area contributed by atoms with Crippen LogP contribution in [0, 0.1) is 5.92 Å². The molecule has 1 amide bonds. The molecule has 2 unspecified atom stereocenters. The van der Waals surface area contributed by atoms with Crippen molar-refractivity contribution in [2.24, 2.45) is 5.92 Å². The number of likely N-dealkylation sites (tertiary alicyclic amines) is 1. The molecule has 1 aromatic carbocycles. The molecule has 2 atom stereocenters. The lowest BCUT2D eigenvalue weighted by atomic mass is 9.96. The van der Waals surface area contributed by atoms with Gasteiger partial charge in [-0.25, -0.2) is 0 Å². The fraction of sp³-hybridized carbons (Fsp3) is 0.462. The average molecular weight is 251 g/mol. The van der Waals surface area contributed by atoms with Gasteiger partial charge in [0, 0.05) is 13.1 Å². The number of carbonyl (C=O) groups excluding carboxylic acids is 1. The molecule has 1 heterocycles. The quantitative estimate of drug-likeness (QED) is 0.649. The third-order valence-corrected chi connectivity index (χ3v) is 3.36. The Balaban J connectivity index is 2.19. The summed E-state index contributed by atoms with van der Waals surface area (Å²) in [7, 11) is 0. The lowest BCUT2D eigenvalue weighted by Crippen LogP contribution is -2.44. The highest BCUT2D eigenvalue weighted by molar-refractivity contribution is 5.97. The van der Waals surface area contributed by atoms with Crippen LogP contribution in [0.3, 0.4) is 0 Å². The monoisotopic (exact) mass is 251 g/mol. The van der Waals surface area contributed by atoms with Gasteiger partial charge in [0.2, 0.25) is 0 Å².